The fourth-order valence-corrected chi connectivity index (χ4v) is 2.33. The van der Waals surface area contributed by atoms with Crippen LogP contribution in [-0.2, 0) is 5.41 Å². The van der Waals surface area contributed by atoms with Crippen LogP contribution in [0.4, 0.5) is 0 Å². The fraction of sp³-hybridized carbons (Fsp3) is 0.455. The van der Waals surface area contributed by atoms with E-state index in [4.69, 9.17) is 4.42 Å². The number of hydrogen-bond acceptors (Lipinski definition) is 5. The van der Waals surface area contributed by atoms with Gasteiger partial charge in [-0.25, -0.2) is 0 Å². The number of aromatic nitrogens is 2. The molecule has 0 radical (unpaired) electrons. The van der Waals surface area contributed by atoms with Gasteiger partial charge in [0.15, 0.2) is 0 Å². The Kier molecular flexibility index (Phi) is 2.82. The third-order valence-corrected chi connectivity index (χ3v) is 3.06. The number of furan rings is 1. The van der Waals surface area contributed by atoms with Crippen molar-refractivity contribution in [2.75, 3.05) is 0 Å². The first kappa shape index (κ1) is 11.3. The first-order valence-electron chi connectivity index (χ1n) is 5.04. The van der Waals surface area contributed by atoms with E-state index in [1.807, 2.05) is 20.8 Å². The quantitative estimate of drug-likeness (QED) is 0.873. The average Bonchev–Trinajstić information content (AvgIpc) is 2.87. The van der Waals surface area contributed by atoms with Gasteiger partial charge in [0.1, 0.15) is 11.9 Å². The highest BCUT2D eigenvalue weighted by Gasteiger charge is 2.28. The predicted molar refractivity (Wildman–Crippen MR) is 61.4 cm³/mol. The van der Waals surface area contributed by atoms with Gasteiger partial charge in [0.2, 0.25) is 0 Å². The molecule has 0 saturated carbocycles. The third-order valence-electron chi connectivity index (χ3n) is 2.28. The van der Waals surface area contributed by atoms with Crippen molar-refractivity contribution in [3.8, 4) is 0 Å². The SMILES string of the molecule is CC(C)(C)c1nnsc1C(O)c1ccco1. The number of hydrogen-bond donors (Lipinski definition) is 1. The van der Waals surface area contributed by atoms with Gasteiger partial charge in [-0.2, -0.15) is 0 Å². The van der Waals surface area contributed by atoms with Crippen LogP contribution in [0.1, 0.15) is 43.2 Å². The summed E-state index contributed by atoms with van der Waals surface area (Å²) in [6.45, 7) is 6.13. The lowest BCUT2D eigenvalue weighted by Gasteiger charge is -2.18. The Bertz CT molecular complexity index is 457. The van der Waals surface area contributed by atoms with Crippen molar-refractivity contribution in [2.24, 2.45) is 0 Å². The highest BCUT2D eigenvalue weighted by molar-refractivity contribution is 7.05. The number of aliphatic hydroxyl groups is 1. The molecule has 4 nitrogen and oxygen atoms in total. The van der Waals surface area contributed by atoms with Gasteiger partial charge in [-0.05, 0) is 23.7 Å². The fourth-order valence-electron chi connectivity index (χ4n) is 1.47. The Labute approximate surface area is 98.1 Å². The first-order valence-corrected chi connectivity index (χ1v) is 5.81. The van der Waals surface area contributed by atoms with E-state index in [9.17, 15) is 5.11 Å². The van der Waals surface area contributed by atoms with Crippen molar-refractivity contribution in [1.29, 1.82) is 0 Å². The topological polar surface area (TPSA) is 59.2 Å². The molecule has 0 spiro atoms. The van der Waals surface area contributed by atoms with Crippen LogP contribution in [0.15, 0.2) is 22.8 Å². The van der Waals surface area contributed by atoms with Gasteiger partial charge in [-0.3, -0.25) is 0 Å². The van der Waals surface area contributed by atoms with Gasteiger partial charge in [0.25, 0.3) is 0 Å². The standard InChI is InChI=1S/C11H14N2O2S/c1-11(2,3)10-9(16-13-12-10)8(14)7-5-4-6-15-7/h4-6,8,14H,1-3H3. The Hall–Kier alpha value is -1.20. The summed E-state index contributed by atoms with van der Waals surface area (Å²) in [4.78, 5) is 0.752. The Morgan fingerprint density at radius 1 is 1.44 bits per heavy atom. The van der Waals surface area contributed by atoms with Crippen LogP contribution in [0.3, 0.4) is 0 Å². The summed E-state index contributed by atoms with van der Waals surface area (Å²) in [7, 11) is 0. The summed E-state index contributed by atoms with van der Waals surface area (Å²) in [6, 6.07) is 3.50. The van der Waals surface area contributed by atoms with Crippen LogP contribution < -0.4 is 0 Å². The summed E-state index contributed by atoms with van der Waals surface area (Å²) >= 11 is 1.21. The summed E-state index contributed by atoms with van der Waals surface area (Å²) in [5.41, 5.74) is 0.692. The van der Waals surface area contributed by atoms with Crippen LogP contribution in [0.25, 0.3) is 0 Å². The second kappa shape index (κ2) is 3.99. The van der Waals surface area contributed by atoms with Gasteiger partial charge in [-0.1, -0.05) is 25.3 Å². The van der Waals surface area contributed by atoms with E-state index in [-0.39, 0.29) is 5.41 Å². The first-order chi connectivity index (χ1) is 7.50. The van der Waals surface area contributed by atoms with Crippen LogP contribution in [0.5, 0.6) is 0 Å². The average molecular weight is 238 g/mol. The minimum atomic E-state index is -0.774. The van der Waals surface area contributed by atoms with Crippen molar-refractivity contribution in [2.45, 2.75) is 32.3 Å². The minimum absolute atomic E-state index is 0.129. The summed E-state index contributed by atoms with van der Waals surface area (Å²) in [5, 5.41) is 14.2. The lowest BCUT2D eigenvalue weighted by Crippen LogP contribution is -2.15. The van der Waals surface area contributed by atoms with Crippen LogP contribution in [-0.4, -0.2) is 14.7 Å². The van der Waals surface area contributed by atoms with Gasteiger partial charge >= 0.3 is 0 Å². The van der Waals surface area contributed by atoms with E-state index in [2.05, 4.69) is 9.59 Å². The molecule has 0 aliphatic heterocycles. The zero-order valence-corrected chi connectivity index (χ0v) is 10.3. The van der Waals surface area contributed by atoms with Crippen LogP contribution in [0, 0.1) is 0 Å². The molecular weight excluding hydrogens is 224 g/mol. The lowest BCUT2D eigenvalue weighted by molar-refractivity contribution is 0.190. The van der Waals surface area contributed by atoms with Gasteiger partial charge in [0.05, 0.1) is 16.8 Å². The largest absolute Gasteiger partial charge is 0.466 e. The van der Waals surface area contributed by atoms with E-state index >= 15 is 0 Å². The molecule has 0 bridgehead atoms. The molecule has 0 aromatic carbocycles. The smallest absolute Gasteiger partial charge is 0.149 e. The van der Waals surface area contributed by atoms with Gasteiger partial charge in [-0.15, -0.1) is 5.10 Å². The normalized spacial score (nSPS) is 14.0. The maximum atomic E-state index is 10.2. The molecule has 0 amide bonds. The van der Waals surface area contributed by atoms with Crippen molar-refractivity contribution < 1.29 is 9.52 Å². The molecule has 2 rings (SSSR count). The van der Waals surface area contributed by atoms with Crippen molar-refractivity contribution in [3.05, 3.63) is 34.7 Å². The Morgan fingerprint density at radius 3 is 2.75 bits per heavy atom. The predicted octanol–water partition coefficient (Wildman–Crippen LogP) is 2.51. The van der Waals surface area contributed by atoms with Crippen LogP contribution in [0.2, 0.25) is 0 Å². The molecule has 86 valence electrons. The van der Waals surface area contributed by atoms with Crippen molar-refractivity contribution in [3.63, 3.8) is 0 Å². The van der Waals surface area contributed by atoms with Gasteiger partial charge < -0.3 is 9.52 Å². The number of nitrogens with zero attached hydrogens (tertiary/aromatic N) is 2. The minimum Gasteiger partial charge on any atom is -0.466 e. The zero-order valence-electron chi connectivity index (χ0n) is 9.47. The van der Waals surface area contributed by atoms with E-state index in [0.29, 0.717) is 5.76 Å². The molecule has 5 heteroatoms. The highest BCUT2D eigenvalue weighted by Crippen LogP contribution is 2.33. The van der Waals surface area contributed by atoms with Gasteiger partial charge in [0, 0.05) is 5.41 Å². The molecule has 0 fully saturated rings. The maximum Gasteiger partial charge on any atom is 0.149 e. The lowest BCUT2D eigenvalue weighted by atomic mass is 9.90. The maximum absolute atomic E-state index is 10.2. The molecule has 0 aliphatic rings. The van der Waals surface area contributed by atoms with E-state index in [1.54, 1.807) is 18.4 Å². The highest BCUT2D eigenvalue weighted by atomic mass is 32.1. The molecular formula is C11H14N2O2S. The molecule has 0 saturated heterocycles. The van der Waals surface area contributed by atoms with E-state index in [1.165, 1.54) is 11.5 Å². The zero-order chi connectivity index (χ0) is 11.8. The van der Waals surface area contributed by atoms with Crippen molar-refractivity contribution >= 4 is 11.5 Å². The Morgan fingerprint density at radius 2 is 2.19 bits per heavy atom. The summed E-state index contributed by atoms with van der Waals surface area (Å²) < 4.78 is 9.10. The molecule has 16 heavy (non-hydrogen) atoms. The molecule has 2 heterocycles. The Balaban J connectivity index is 2.38. The number of rotatable bonds is 2. The van der Waals surface area contributed by atoms with E-state index in [0.717, 1.165) is 10.6 Å². The molecule has 0 aliphatic carbocycles. The van der Waals surface area contributed by atoms with E-state index < -0.39 is 6.10 Å². The second-order valence-corrected chi connectivity index (χ2v) is 5.44. The van der Waals surface area contributed by atoms with Crippen molar-refractivity contribution in [1.82, 2.24) is 9.59 Å². The molecule has 2 aromatic heterocycles. The molecule has 1 N–H and O–H groups in total. The summed E-state index contributed by atoms with van der Waals surface area (Å²) in [5.74, 6) is 0.525. The second-order valence-electron chi connectivity index (χ2n) is 4.65. The number of aliphatic hydroxyl groups excluding tert-OH is 1. The molecule has 1 unspecified atom stereocenters. The summed E-state index contributed by atoms with van der Waals surface area (Å²) in [6.07, 6.45) is 0.772. The monoisotopic (exact) mass is 238 g/mol. The molecule has 1 atom stereocenters. The van der Waals surface area contributed by atoms with Crippen LogP contribution >= 0.6 is 11.5 Å². The third kappa shape index (κ3) is 2.01. The molecule has 2 aromatic rings.